The first-order valence-electron chi connectivity index (χ1n) is 8.04. The number of ether oxygens (including phenoxy) is 1. The van der Waals surface area contributed by atoms with Crippen LogP contribution in [0.2, 0.25) is 0 Å². The third-order valence-electron chi connectivity index (χ3n) is 4.22. The number of hydrogen-bond acceptors (Lipinski definition) is 2. The molecule has 0 radical (unpaired) electrons. The summed E-state index contributed by atoms with van der Waals surface area (Å²) in [4.78, 5) is 2.08. The van der Waals surface area contributed by atoms with Gasteiger partial charge in [-0.15, -0.1) is 0 Å². The van der Waals surface area contributed by atoms with E-state index in [9.17, 15) is 4.39 Å². The summed E-state index contributed by atoms with van der Waals surface area (Å²) in [5.41, 5.74) is 2.67. The van der Waals surface area contributed by atoms with Crippen molar-refractivity contribution in [2.75, 3.05) is 12.4 Å². The van der Waals surface area contributed by atoms with Crippen LogP contribution >= 0.6 is 12.2 Å². The molecule has 2 aromatic rings. The van der Waals surface area contributed by atoms with Crippen molar-refractivity contribution in [1.29, 1.82) is 0 Å². The molecule has 0 unspecified atom stereocenters. The minimum absolute atomic E-state index is 0.188. The lowest BCUT2D eigenvalue weighted by Gasteiger charge is -2.26. The topological polar surface area (TPSA) is 24.5 Å². The molecule has 0 saturated heterocycles. The molecule has 1 saturated carbocycles. The molecule has 1 fully saturated rings. The van der Waals surface area contributed by atoms with Crippen molar-refractivity contribution in [1.82, 2.24) is 4.90 Å². The highest BCUT2D eigenvalue weighted by Crippen LogP contribution is 2.30. The van der Waals surface area contributed by atoms with Gasteiger partial charge in [-0.05, 0) is 61.8 Å². The Labute approximate surface area is 147 Å². The maximum atomic E-state index is 14.0. The van der Waals surface area contributed by atoms with Crippen molar-refractivity contribution >= 4 is 23.0 Å². The van der Waals surface area contributed by atoms with Gasteiger partial charge >= 0.3 is 0 Å². The summed E-state index contributed by atoms with van der Waals surface area (Å²) in [5.74, 6) is 0.626. The van der Waals surface area contributed by atoms with Crippen LogP contribution in [0.25, 0.3) is 0 Å². The van der Waals surface area contributed by atoms with Crippen molar-refractivity contribution in [2.24, 2.45) is 0 Å². The Morgan fingerprint density at radius 2 is 2.04 bits per heavy atom. The molecule has 0 heterocycles. The predicted octanol–water partition coefficient (Wildman–Crippen LogP) is 4.50. The molecule has 126 valence electrons. The average molecular weight is 344 g/mol. The van der Waals surface area contributed by atoms with E-state index in [-0.39, 0.29) is 5.82 Å². The third-order valence-corrected chi connectivity index (χ3v) is 4.56. The first kappa shape index (κ1) is 16.7. The van der Waals surface area contributed by atoms with Gasteiger partial charge in [-0.3, -0.25) is 0 Å². The molecule has 0 spiro atoms. The highest BCUT2D eigenvalue weighted by molar-refractivity contribution is 7.80. The zero-order chi connectivity index (χ0) is 17.1. The van der Waals surface area contributed by atoms with Gasteiger partial charge in [0.05, 0.1) is 7.11 Å². The zero-order valence-corrected chi connectivity index (χ0v) is 14.7. The molecule has 0 aliphatic heterocycles. The van der Waals surface area contributed by atoms with Crippen LogP contribution in [0.1, 0.15) is 24.0 Å². The molecular formula is C19H21FN2OS. The monoisotopic (exact) mass is 344 g/mol. The lowest BCUT2D eigenvalue weighted by atomic mass is 10.2. The largest absolute Gasteiger partial charge is 0.497 e. The van der Waals surface area contributed by atoms with Gasteiger partial charge in [0.1, 0.15) is 11.6 Å². The van der Waals surface area contributed by atoms with Crippen LogP contribution in [0.3, 0.4) is 0 Å². The van der Waals surface area contributed by atoms with Gasteiger partial charge in [-0.25, -0.2) is 4.39 Å². The number of rotatable bonds is 5. The van der Waals surface area contributed by atoms with E-state index in [0.29, 0.717) is 23.3 Å². The van der Waals surface area contributed by atoms with Crippen molar-refractivity contribution in [2.45, 2.75) is 32.4 Å². The van der Waals surface area contributed by atoms with E-state index in [1.54, 1.807) is 13.2 Å². The minimum atomic E-state index is -0.188. The van der Waals surface area contributed by atoms with Crippen LogP contribution < -0.4 is 10.1 Å². The van der Waals surface area contributed by atoms with Crippen LogP contribution in [-0.4, -0.2) is 23.2 Å². The van der Waals surface area contributed by atoms with Crippen LogP contribution in [0.5, 0.6) is 5.75 Å². The first-order chi connectivity index (χ1) is 11.6. The fourth-order valence-corrected chi connectivity index (χ4v) is 2.98. The van der Waals surface area contributed by atoms with E-state index >= 15 is 0 Å². The average Bonchev–Trinajstić information content (AvgIpc) is 3.40. The lowest BCUT2D eigenvalue weighted by Crippen LogP contribution is -2.36. The summed E-state index contributed by atoms with van der Waals surface area (Å²) in [6, 6.07) is 13.1. The van der Waals surface area contributed by atoms with Crippen LogP contribution in [0.15, 0.2) is 42.5 Å². The summed E-state index contributed by atoms with van der Waals surface area (Å²) in [6.07, 6.45) is 2.19. The molecule has 24 heavy (non-hydrogen) atoms. The molecule has 1 N–H and O–H groups in total. The lowest BCUT2D eigenvalue weighted by molar-refractivity contribution is 0.399. The van der Waals surface area contributed by atoms with Crippen LogP contribution in [-0.2, 0) is 6.54 Å². The fraction of sp³-hybridized carbons (Fsp3) is 0.316. The number of nitrogens with one attached hydrogen (secondary N) is 1. The number of anilines is 1. The van der Waals surface area contributed by atoms with Gasteiger partial charge in [0.2, 0.25) is 0 Å². The van der Waals surface area contributed by atoms with E-state index in [1.807, 2.05) is 37.3 Å². The summed E-state index contributed by atoms with van der Waals surface area (Å²) in [7, 11) is 1.65. The zero-order valence-electron chi connectivity index (χ0n) is 13.9. The van der Waals surface area contributed by atoms with E-state index in [4.69, 9.17) is 17.0 Å². The Morgan fingerprint density at radius 3 is 2.67 bits per heavy atom. The molecule has 3 rings (SSSR count). The highest BCUT2D eigenvalue weighted by Gasteiger charge is 2.31. The quantitative estimate of drug-likeness (QED) is 0.807. The van der Waals surface area contributed by atoms with Gasteiger partial charge in [0.25, 0.3) is 0 Å². The van der Waals surface area contributed by atoms with Crippen LogP contribution in [0.4, 0.5) is 10.1 Å². The Bertz CT molecular complexity index is 746. The summed E-state index contributed by atoms with van der Waals surface area (Å²) in [5, 5.41) is 3.94. The number of aryl methyl sites for hydroxylation is 1. The van der Waals surface area contributed by atoms with Crippen LogP contribution in [0, 0.1) is 12.7 Å². The number of halogens is 1. The van der Waals surface area contributed by atoms with Gasteiger partial charge in [-0.2, -0.15) is 0 Å². The number of hydrogen-bond donors (Lipinski definition) is 1. The van der Waals surface area contributed by atoms with Crippen molar-refractivity contribution in [3.8, 4) is 5.75 Å². The normalized spacial score (nSPS) is 13.5. The second kappa shape index (κ2) is 7.18. The van der Waals surface area contributed by atoms with Gasteiger partial charge in [0.15, 0.2) is 5.11 Å². The Morgan fingerprint density at radius 1 is 1.29 bits per heavy atom. The van der Waals surface area contributed by atoms with Crippen molar-refractivity contribution < 1.29 is 9.13 Å². The van der Waals surface area contributed by atoms with Gasteiger partial charge in [-0.1, -0.05) is 18.2 Å². The molecule has 2 aromatic carbocycles. The molecule has 0 aromatic heterocycles. The maximum absolute atomic E-state index is 14.0. The van der Waals surface area contributed by atoms with E-state index in [2.05, 4.69) is 10.2 Å². The highest BCUT2D eigenvalue weighted by atomic mass is 32.1. The molecule has 5 heteroatoms. The van der Waals surface area contributed by atoms with Gasteiger partial charge < -0.3 is 15.0 Å². The van der Waals surface area contributed by atoms with E-state index < -0.39 is 0 Å². The smallest absolute Gasteiger partial charge is 0.173 e. The summed E-state index contributed by atoms with van der Waals surface area (Å²) in [6.45, 7) is 2.49. The summed E-state index contributed by atoms with van der Waals surface area (Å²) < 4.78 is 19.2. The SMILES string of the molecule is COc1ccc(NC(=S)N(Cc2ccccc2F)C2CC2)c(C)c1. The maximum Gasteiger partial charge on any atom is 0.173 e. The molecule has 0 bridgehead atoms. The number of nitrogens with zero attached hydrogens (tertiary/aromatic N) is 1. The second-order valence-corrected chi connectivity index (χ2v) is 6.45. The molecule has 1 aliphatic rings. The standard InChI is InChI=1S/C19H21FN2OS/c1-13-11-16(23-2)9-10-18(13)21-19(24)22(15-7-8-15)12-14-5-3-4-6-17(14)20/h3-6,9-11,15H,7-8,12H2,1-2H3,(H,21,24). The van der Waals surface area contributed by atoms with E-state index in [0.717, 1.165) is 29.8 Å². The minimum Gasteiger partial charge on any atom is -0.497 e. The predicted molar refractivity (Wildman–Crippen MR) is 98.9 cm³/mol. The molecule has 1 aliphatic carbocycles. The molecule has 0 atom stereocenters. The fourth-order valence-electron chi connectivity index (χ4n) is 2.65. The van der Waals surface area contributed by atoms with E-state index in [1.165, 1.54) is 6.07 Å². The summed E-state index contributed by atoms with van der Waals surface area (Å²) >= 11 is 5.60. The number of benzene rings is 2. The number of thiocarbonyl (C=S) groups is 1. The molecular weight excluding hydrogens is 323 g/mol. The van der Waals surface area contributed by atoms with Gasteiger partial charge in [0, 0.05) is 23.8 Å². The number of methoxy groups -OCH3 is 1. The molecule has 0 amide bonds. The van der Waals surface area contributed by atoms with Crippen molar-refractivity contribution in [3.63, 3.8) is 0 Å². The Hall–Kier alpha value is -2.14. The Balaban J connectivity index is 1.75. The second-order valence-electron chi connectivity index (χ2n) is 6.06. The van der Waals surface area contributed by atoms with Crippen molar-refractivity contribution in [3.05, 3.63) is 59.4 Å². The third kappa shape index (κ3) is 3.85. The first-order valence-corrected chi connectivity index (χ1v) is 8.45. The Kier molecular flexibility index (Phi) is 5.00. The molecule has 3 nitrogen and oxygen atoms in total.